The molecule has 1 unspecified atom stereocenters. The number of hydrogen-bond acceptors (Lipinski definition) is 2. The summed E-state index contributed by atoms with van der Waals surface area (Å²) in [6.45, 7) is 0. The SMILES string of the molecule is O=C([O-])C1C(CCCC=CCC(F)(F)C(F)(F)C(F)(F)F)=CC(I)=CC1(F)F. The second-order valence-corrected chi connectivity index (χ2v) is 7.27. The van der Waals surface area contributed by atoms with E-state index in [1.54, 1.807) is 22.6 Å². The van der Waals surface area contributed by atoms with Crippen molar-refractivity contribution in [1.29, 1.82) is 0 Å². The summed E-state index contributed by atoms with van der Waals surface area (Å²) >= 11 is 1.56. The van der Waals surface area contributed by atoms with Gasteiger partial charge in [0.25, 0.3) is 5.92 Å². The molecule has 1 atom stereocenters. The minimum atomic E-state index is -6.41. The molecular formula is C16H13F9IO2-. The van der Waals surface area contributed by atoms with E-state index in [1.807, 2.05) is 0 Å². The van der Waals surface area contributed by atoms with Gasteiger partial charge >= 0.3 is 18.0 Å². The molecule has 0 aromatic carbocycles. The molecule has 0 spiro atoms. The van der Waals surface area contributed by atoms with Crippen molar-refractivity contribution in [3.63, 3.8) is 0 Å². The van der Waals surface area contributed by atoms with Gasteiger partial charge in [-0.05, 0) is 54.0 Å². The number of rotatable bonds is 8. The van der Waals surface area contributed by atoms with Gasteiger partial charge < -0.3 is 9.90 Å². The molecule has 0 radical (unpaired) electrons. The van der Waals surface area contributed by atoms with Crippen molar-refractivity contribution in [1.82, 2.24) is 0 Å². The van der Waals surface area contributed by atoms with Crippen LogP contribution in [0.25, 0.3) is 0 Å². The fourth-order valence-electron chi connectivity index (χ4n) is 2.45. The highest BCUT2D eigenvalue weighted by Crippen LogP contribution is 2.48. The van der Waals surface area contributed by atoms with Crippen LogP contribution in [0.2, 0.25) is 0 Å². The van der Waals surface area contributed by atoms with Gasteiger partial charge in [0, 0.05) is 10.0 Å². The van der Waals surface area contributed by atoms with Gasteiger partial charge in [0.1, 0.15) is 0 Å². The lowest BCUT2D eigenvalue weighted by atomic mass is 9.85. The van der Waals surface area contributed by atoms with Crippen molar-refractivity contribution in [2.75, 3.05) is 0 Å². The summed E-state index contributed by atoms with van der Waals surface area (Å²) in [4.78, 5) is 11.0. The number of carboxylic acids is 1. The summed E-state index contributed by atoms with van der Waals surface area (Å²) in [6.07, 6.45) is -5.62. The third-order valence-corrected chi connectivity index (χ3v) is 4.46. The zero-order chi connectivity index (χ0) is 22.0. The fourth-order valence-corrected chi connectivity index (χ4v) is 3.27. The van der Waals surface area contributed by atoms with Crippen LogP contribution in [0.3, 0.4) is 0 Å². The lowest BCUT2D eigenvalue weighted by Crippen LogP contribution is -2.51. The Kier molecular flexibility index (Phi) is 7.68. The number of hydrogen-bond donors (Lipinski definition) is 0. The Hall–Kier alpha value is -1.21. The van der Waals surface area contributed by atoms with Crippen LogP contribution in [-0.2, 0) is 4.79 Å². The summed E-state index contributed by atoms with van der Waals surface area (Å²) in [5.41, 5.74) is -0.167. The predicted octanol–water partition coefficient (Wildman–Crippen LogP) is 5.20. The first kappa shape index (κ1) is 24.8. The van der Waals surface area contributed by atoms with E-state index in [0.29, 0.717) is 12.2 Å². The lowest BCUT2D eigenvalue weighted by molar-refractivity contribution is -0.353. The molecule has 160 valence electrons. The predicted molar refractivity (Wildman–Crippen MR) is 87.2 cm³/mol. The fraction of sp³-hybridized carbons (Fsp3) is 0.562. The van der Waals surface area contributed by atoms with Gasteiger partial charge in [-0.2, -0.15) is 30.7 Å². The van der Waals surface area contributed by atoms with Crippen LogP contribution >= 0.6 is 22.6 Å². The maximum atomic E-state index is 13.8. The number of unbranched alkanes of at least 4 members (excludes halogenated alkanes) is 1. The molecule has 0 heterocycles. The van der Waals surface area contributed by atoms with E-state index in [9.17, 15) is 49.4 Å². The first-order chi connectivity index (χ1) is 12.5. The summed E-state index contributed by atoms with van der Waals surface area (Å²) in [5, 5.41) is 11.0. The molecule has 1 aliphatic carbocycles. The molecule has 0 N–H and O–H groups in total. The molecular weight excluding hydrogens is 522 g/mol. The molecule has 0 aromatic heterocycles. The molecule has 0 saturated heterocycles. The van der Waals surface area contributed by atoms with Gasteiger partial charge in [0.05, 0.1) is 11.9 Å². The second kappa shape index (κ2) is 8.66. The molecule has 0 amide bonds. The Labute approximate surface area is 167 Å². The number of alkyl halides is 9. The van der Waals surface area contributed by atoms with Gasteiger partial charge in [-0.15, -0.1) is 0 Å². The monoisotopic (exact) mass is 535 g/mol. The summed E-state index contributed by atoms with van der Waals surface area (Å²) in [7, 11) is 0. The van der Waals surface area contributed by atoms with Crippen LogP contribution in [0, 0.1) is 5.92 Å². The minimum absolute atomic E-state index is 0.0205. The Bertz CT molecular complexity index is 678. The number of allylic oxidation sites excluding steroid dienone is 5. The van der Waals surface area contributed by atoms with E-state index in [-0.39, 0.29) is 28.4 Å². The molecule has 1 rings (SSSR count). The van der Waals surface area contributed by atoms with Gasteiger partial charge in [-0.25, -0.2) is 8.78 Å². The Morgan fingerprint density at radius 3 is 2.21 bits per heavy atom. The molecule has 0 aromatic rings. The number of carbonyl (C=O) groups excluding carboxylic acids is 1. The molecule has 2 nitrogen and oxygen atoms in total. The Balaban J connectivity index is 2.65. The van der Waals surface area contributed by atoms with E-state index < -0.39 is 42.3 Å². The summed E-state index contributed by atoms with van der Waals surface area (Å²) in [5.74, 6) is -19.4. The van der Waals surface area contributed by atoms with E-state index in [2.05, 4.69) is 0 Å². The van der Waals surface area contributed by atoms with Crippen molar-refractivity contribution in [3.8, 4) is 0 Å². The standard InChI is InChI=1S/C16H14F9IO2/c17-13(18)8-10(26)7-9(11(13)12(27)28)5-3-1-2-4-6-14(19,20)15(21,22)16(23,24)25/h2,4,7-8,11H,1,3,5-6H2,(H,27,28)/p-1. The van der Waals surface area contributed by atoms with Gasteiger partial charge in [0.15, 0.2) is 0 Å². The highest BCUT2D eigenvalue weighted by atomic mass is 127. The van der Waals surface area contributed by atoms with E-state index in [1.165, 1.54) is 6.08 Å². The maximum Gasteiger partial charge on any atom is 0.459 e. The van der Waals surface area contributed by atoms with Crippen molar-refractivity contribution in [2.24, 2.45) is 5.92 Å². The second-order valence-electron chi connectivity index (χ2n) is 6.02. The molecule has 0 fully saturated rings. The Morgan fingerprint density at radius 1 is 1.14 bits per heavy atom. The number of aliphatic carboxylic acids is 1. The highest BCUT2D eigenvalue weighted by Gasteiger charge is 2.72. The highest BCUT2D eigenvalue weighted by molar-refractivity contribution is 14.1. The van der Waals surface area contributed by atoms with Crippen LogP contribution < -0.4 is 5.11 Å². The topological polar surface area (TPSA) is 40.1 Å². The number of halogens is 10. The normalized spacial score (nSPS) is 20.9. The molecule has 0 bridgehead atoms. The van der Waals surface area contributed by atoms with E-state index in [0.717, 1.165) is 6.08 Å². The van der Waals surface area contributed by atoms with E-state index >= 15 is 0 Å². The van der Waals surface area contributed by atoms with E-state index in [4.69, 9.17) is 0 Å². The van der Waals surface area contributed by atoms with Gasteiger partial charge in [0.2, 0.25) is 0 Å². The average molecular weight is 535 g/mol. The lowest BCUT2D eigenvalue weighted by Gasteiger charge is -2.31. The smallest absolute Gasteiger partial charge is 0.459 e. The zero-order valence-corrected chi connectivity index (χ0v) is 16.0. The van der Waals surface area contributed by atoms with Crippen LogP contribution in [0.4, 0.5) is 39.5 Å². The first-order valence-electron chi connectivity index (χ1n) is 7.68. The molecule has 0 aliphatic heterocycles. The largest absolute Gasteiger partial charge is 0.549 e. The van der Waals surface area contributed by atoms with Crippen LogP contribution in [-0.4, -0.2) is 29.9 Å². The molecule has 1 aliphatic rings. The number of carboxylic acid groups (broad SMARTS) is 1. The third-order valence-electron chi connectivity index (χ3n) is 3.84. The summed E-state index contributed by atoms with van der Waals surface area (Å²) < 4.78 is 115. The summed E-state index contributed by atoms with van der Waals surface area (Å²) in [6, 6.07) is 0. The molecule has 0 saturated carbocycles. The molecule has 28 heavy (non-hydrogen) atoms. The third kappa shape index (κ3) is 5.66. The zero-order valence-electron chi connectivity index (χ0n) is 13.8. The van der Waals surface area contributed by atoms with Crippen LogP contribution in [0.1, 0.15) is 25.7 Å². The van der Waals surface area contributed by atoms with Crippen molar-refractivity contribution < 1.29 is 49.4 Å². The van der Waals surface area contributed by atoms with Crippen LogP contribution in [0.5, 0.6) is 0 Å². The minimum Gasteiger partial charge on any atom is -0.549 e. The average Bonchev–Trinajstić information content (AvgIpc) is 2.47. The Morgan fingerprint density at radius 2 is 1.71 bits per heavy atom. The van der Waals surface area contributed by atoms with Crippen molar-refractivity contribution in [2.45, 2.75) is 49.6 Å². The first-order valence-corrected chi connectivity index (χ1v) is 8.75. The number of carbonyl (C=O) groups is 1. The quantitative estimate of drug-likeness (QED) is 0.186. The van der Waals surface area contributed by atoms with Crippen molar-refractivity contribution in [3.05, 3.63) is 33.5 Å². The van der Waals surface area contributed by atoms with Crippen LogP contribution in [0.15, 0.2) is 33.5 Å². The van der Waals surface area contributed by atoms with Gasteiger partial charge in [-0.3, -0.25) is 0 Å². The maximum absolute atomic E-state index is 13.8. The van der Waals surface area contributed by atoms with Gasteiger partial charge in [-0.1, -0.05) is 17.7 Å². The van der Waals surface area contributed by atoms with Crippen molar-refractivity contribution >= 4 is 28.6 Å². The molecule has 12 heteroatoms.